The van der Waals surface area contributed by atoms with E-state index < -0.39 is 0 Å². The van der Waals surface area contributed by atoms with Gasteiger partial charge in [0.1, 0.15) is 11.5 Å². The molecule has 1 aliphatic heterocycles. The molecule has 0 fully saturated rings. The van der Waals surface area contributed by atoms with E-state index in [0.29, 0.717) is 16.3 Å². The van der Waals surface area contributed by atoms with Crippen molar-refractivity contribution in [3.63, 3.8) is 0 Å². The van der Waals surface area contributed by atoms with E-state index >= 15 is 0 Å². The van der Waals surface area contributed by atoms with Crippen LogP contribution in [0.2, 0.25) is 5.02 Å². The Kier molecular flexibility index (Phi) is 3.25. The third-order valence-corrected chi connectivity index (χ3v) is 3.69. The first-order valence-electron chi connectivity index (χ1n) is 6.32. The Labute approximate surface area is 127 Å². The van der Waals surface area contributed by atoms with Gasteiger partial charge in [-0.2, -0.15) is 0 Å². The smallest absolute Gasteiger partial charge is 0.203 e. The molecule has 0 amide bonds. The van der Waals surface area contributed by atoms with Gasteiger partial charge in [-0.25, -0.2) is 0 Å². The van der Waals surface area contributed by atoms with E-state index in [4.69, 9.17) is 28.5 Å². The van der Waals surface area contributed by atoms with Gasteiger partial charge in [-0.1, -0.05) is 35.7 Å². The van der Waals surface area contributed by atoms with Gasteiger partial charge in [0.15, 0.2) is 0 Å². The zero-order valence-electron chi connectivity index (χ0n) is 11.0. The molecular weight excluding hydrogens is 286 g/mol. The molecule has 2 aromatic carbocycles. The zero-order valence-corrected chi connectivity index (χ0v) is 11.8. The molecule has 0 aromatic heterocycles. The van der Waals surface area contributed by atoms with Crippen LogP contribution in [0.5, 0.6) is 11.5 Å². The van der Waals surface area contributed by atoms with Crippen LogP contribution in [0.4, 0.5) is 0 Å². The summed E-state index contributed by atoms with van der Waals surface area (Å²) in [5, 5.41) is 10.2. The second kappa shape index (κ2) is 5.08. The number of phenolic OH excluding ortho intramolecular Hbond substituents is 1. The fourth-order valence-electron chi connectivity index (χ4n) is 2.48. The van der Waals surface area contributed by atoms with Crippen molar-refractivity contribution >= 4 is 11.6 Å². The highest BCUT2D eigenvalue weighted by molar-refractivity contribution is 6.30. The minimum Gasteiger partial charge on any atom is -0.508 e. The molecule has 2 aromatic rings. The van der Waals surface area contributed by atoms with Gasteiger partial charge in [-0.15, -0.1) is 6.42 Å². The molecule has 0 saturated carbocycles. The normalized spacial score (nSPS) is 16.9. The monoisotopic (exact) mass is 297 g/mol. The number of nitrogens with two attached hydrogens (primary N) is 1. The van der Waals surface area contributed by atoms with E-state index in [1.807, 2.05) is 12.1 Å². The molecule has 1 aliphatic rings. The van der Waals surface area contributed by atoms with Gasteiger partial charge < -0.3 is 15.6 Å². The van der Waals surface area contributed by atoms with Crippen LogP contribution in [0.1, 0.15) is 17.0 Å². The number of phenols is 1. The summed E-state index contributed by atoms with van der Waals surface area (Å²) in [6, 6.07) is 12.3. The molecule has 1 heterocycles. The fraction of sp³-hybridized carbons (Fsp3) is 0.0588. The van der Waals surface area contributed by atoms with Crippen molar-refractivity contribution < 1.29 is 9.84 Å². The predicted molar refractivity (Wildman–Crippen MR) is 82.1 cm³/mol. The first kappa shape index (κ1) is 13.4. The second-order valence-electron chi connectivity index (χ2n) is 4.73. The lowest BCUT2D eigenvalue weighted by Crippen LogP contribution is -2.20. The Morgan fingerprint density at radius 2 is 1.90 bits per heavy atom. The van der Waals surface area contributed by atoms with Crippen molar-refractivity contribution in [2.24, 2.45) is 5.73 Å². The molecule has 3 rings (SSSR count). The number of benzene rings is 2. The minimum atomic E-state index is -0.211. The number of fused-ring (bicyclic) bond motifs is 1. The van der Waals surface area contributed by atoms with Crippen molar-refractivity contribution in [2.45, 2.75) is 5.92 Å². The average Bonchev–Trinajstić information content (AvgIpc) is 2.46. The van der Waals surface area contributed by atoms with Crippen molar-refractivity contribution in [1.82, 2.24) is 0 Å². The molecule has 4 heteroatoms. The molecule has 0 aliphatic carbocycles. The van der Waals surface area contributed by atoms with E-state index in [1.54, 1.807) is 24.3 Å². The van der Waals surface area contributed by atoms with Gasteiger partial charge in [0.05, 0.1) is 11.5 Å². The molecule has 0 bridgehead atoms. The van der Waals surface area contributed by atoms with Crippen LogP contribution < -0.4 is 10.5 Å². The number of halogens is 1. The van der Waals surface area contributed by atoms with Crippen molar-refractivity contribution in [2.75, 3.05) is 0 Å². The van der Waals surface area contributed by atoms with Gasteiger partial charge in [0.2, 0.25) is 5.88 Å². The van der Waals surface area contributed by atoms with Crippen molar-refractivity contribution in [1.29, 1.82) is 0 Å². The third-order valence-electron chi connectivity index (χ3n) is 3.44. The lowest BCUT2D eigenvalue weighted by Gasteiger charge is -2.27. The Morgan fingerprint density at radius 3 is 2.57 bits per heavy atom. The van der Waals surface area contributed by atoms with Crippen LogP contribution in [-0.4, -0.2) is 5.11 Å². The Balaban J connectivity index is 2.21. The molecule has 0 saturated heterocycles. The first-order valence-corrected chi connectivity index (χ1v) is 6.70. The van der Waals surface area contributed by atoms with E-state index in [1.165, 1.54) is 6.07 Å². The lowest BCUT2D eigenvalue weighted by molar-refractivity contribution is 0.388. The number of allylic oxidation sites excluding steroid dienone is 1. The van der Waals surface area contributed by atoms with Gasteiger partial charge >= 0.3 is 0 Å². The maximum atomic E-state index is 9.60. The van der Waals surface area contributed by atoms with Crippen LogP contribution >= 0.6 is 11.6 Å². The van der Waals surface area contributed by atoms with Crippen molar-refractivity contribution in [3.05, 3.63) is 70.1 Å². The number of terminal acetylenes is 1. The zero-order chi connectivity index (χ0) is 15.0. The SMILES string of the molecule is C#CC1=C(N)Oc2cc(O)ccc2[C@H]1c1ccc(Cl)cc1. The quantitative estimate of drug-likeness (QED) is 0.794. The highest BCUT2D eigenvalue weighted by Crippen LogP contribution is 2.43. The summed E-state index contributed by atoms with van der Waals surface area (Å²) >= 11 is 5.94. The minimum absolute atomic E-state index is 0.112. The molecule has 1 atom stereocenters. The maximum absolute atomic E-state index is 9.60. The standard InChI is InChI=1S/C17H12ClNO2/c1-2-13-16(10-3-5-11(18)6-4-10)14-8-7-12(20)9-15(14)21-17(13)19/h1,3-9,16,20H,19H2/t16-/m0/s1. The average molecular weight is 298 g/mol. The summed E-state index contributed by atoms with van der Waals surface area (Å²) in [5.74, 6) is 3.19. The van der Waals surface area contributed by atoms with E-state index in [0.717, 1.165) is 11.1 Å². The summed E-state index contributed by atoms with van der Waals surface area (Å²) < 4.78 is 5.52. The summed E-state index contributed by atoms with van der Waals surface area (Å²) in [7, 11) is 0. The van der Waals surface area contributed by atoms with Gasteiger partial charge in [0, 0.05) is 16.7 Å². The highest BCUT2D eigenvalue weighted by atomic mass is 35.5. The van der Waals surface area contributed by atoms with E-state index in [2.05, 4.69) is 5.92 Å². The highest BCUT2D eigenvalue weighted by Gasteiger charge is 2.29. The van der Waals surface area contributed by atoms with Gasteiger partial charge in [-0.05, 0) is 23.8 Å². The van der Waals surface area contributed by atoms with Crippen LogP contribution in [0.3, 0.4) is 0 Å². The summed E-state index contributed by atoms with van der Waals surface area (Å²) in [5.41, 5.74) is 8.31. The van der Waals surface area contributed by atoms with Crippen LogP contribution in [-0.2, 0) is 0 Å². The lowest BCUT2D eigenvalue weighted by atomic mass is 9.83. The summed E-state index contributed by atoms with van der Waals surface area (Å²) in [6.07, 6.45) is 5.60. The van der Waals surface area contributed by atoms with Crippen LogP contribution in [0.25, 0.3) is 0 Å². The maximum Gasteiger partial charge on any atom is 0.203 e. The number of aromatic hydroxyl groups is 1. The molecule has 21 heavy (non-hydrogen) atoms. The van der Waals surface area contributed by atoms with E-state index in [9.17, 15) is 5.11 Å². The molecule has 3 nitrogen and oxygen atoms in total. The Morgan fingerprint density at radius 1 is 1.19 bits per heavy atom. The van der Waals surface area contributed by atoms with Crippen LogP contribution in [0.15, 0.2) is 53.9 Å². The van der Waals surface area contributed by atoms with Crippen LogP contribution in [0, 0.1) is 12.3 Å². The van der Waals surface area contributed by atoms with Crippen molar-refractivity contribution in [3.8, 4) is 23.8 Å². The summed E-state index contributed by atoms with van der Waals surface area (Å²) in [6.45, 7) is 0. The molecule has 0 unspecified atom stereocenters. The molecule has 0 spiro atoms. The first-order chi connectivity index (χ1) is 10.1. The molecule has 104 valence electrons. The number of rotatable bonds is 1. The summed E-state index contributed by atoms with van der Waals surface area (Å²) in [4.78, 5) is 0. The molecular formula is C17H12ClNO2. The van der Waals surface area contributed by atoms with Gasteiger partial charge in [0.25, 0.3) is 0 Å². The third kappa shape index (κ3) is 2.31. The second-order valence-corrected chi connectivity index (χ2v) is 5.17. The Bertz CT molecular complexity index is 772. The predicted octanol–water partition coefficient (Wildman–Crippen LogP) is 3.37. The molecule has 0 radical (unpaired) electrons. The fourth-order valence-corrected chi connectivity index (χ4v) is 2.60. The largest absolute Gasteiger partial charge is 0.508 e. The topological polar surface area (TPSA) is 55.5 Å². The number of ether oxygens (including phenoxy) is 1. The molecule has 3 N–H and O–H groups in total. The number of hydrogen-bond acceptors (Lipinski definition) is 3. The van der Waals surface area contributed by atoms with E-state index in [-0.39, 0.29) is 17.6 Å². The van der Waals surface area contributed by atoms with Gasteiger partial charge in [-0.3, -0.25) is 0 Å². The number of hydrogen-bond donors (Lipinski definition) is 2. The Hall–Kier alpha value is -2.57.